The molecule has 23 heavy (non-hydrogen) atoms. The molecule has 1 atom stereocenters. The topological polar surface area (TPSA) is 29.5 Å². The first kappa shape index (κ1) is 15.9. The Labute approximate surface area is 137 Å². The average molecular weight is 309 g/mol. The number of rotatable bonds is 6. The third kappa shape index (κ3) is 4.75. The molecule has 0 amide bonds. The van der Waals surface area contributed by atoms with Gasteiger partial charge in [-0.05, 0) is 11.1 Å². The van der Waals surface area contributed by atoms with Crippen LogP contribution in [0.2, 0.25) is 0 Å². The van der Waals surface area contributed by atoms with E-state index in [2.05, 4.69) is 41.3 Å². The molecule has 0 radical (unpaired) electrons. The fourth-order valence-electron chi connectivity index (χ4n) is 3.02. The summed E-state index contributed by atoms with van der Waals surface area (Å²) in [6.45, 7) is 2.92. The maximum Gasteiger partial charge on any atom is 0.135 e. The van der Waals surface area contributed by atoms with Crippen LogP contribution in [0.25, 0.3) is 0 Å². The summed E-state index contributed by atoms with van der Waals surface area (Å²) < 4.78 is 5.88. The number of nitrogens with zero attached hydrogens (tertiary/aromatic N) is 1. The molecular weight excluding hydrogens is 286 g/mol. The van der Waals surface area contributed by atoms with Gasteiger partial charge in [0.25, 0.3) is 0 Å². The molecule has 0 aliphatic carbocycles. The van der Waals surface area contributed by atoms with Crippen LogP contribution in [0, 0.1) is 0 Å². The summed E-state index contributed by atoms with van der Waals surface area (Å²) in [4.78, 5) is 14.2. The molecule has 1 aliphatic rings. The molecule has 1 unspecified atom stereocenters. The zero-order valence-electron chi connectivity index (χ0n) is 13.4. The largest absolute Gasteiger partial charge is 0.375 e. The number of hydrogen-bond donors (Lipinski definition) is 0. The van der Waals surface area contributed by atoms with Crippen LogP contribution < -0.4 is 0 Å². The van der Waals surface area contributed by atoms with Gasteiger partial charge in [-0.2, -0.15) is 0 Å². The second kappa shape index (κ2) is 8.04. The summed E-state index contributed by atoms with van der Waals surface area (Å²) >= 11 is 0. The fourth-order valence-corrected chi connectivity index (χ4v) is 3.02. The monoisotopic (exact) mass is 309 g/mol. The summed E-state index contributed by atoms with van der Waals surface area (Å²) in [5, 5.41) is 0. The van der Waals surface area contributed by atoms with Gasteiger partial charge in [0.15, 0.2) is 0 Å². The molecule has 0 spiro atoms. The van der Waals surface area contributed by atoms with Crippen molar-refractivity contribution in [3.05, 3.63) is 71.8 Å². The van der Waals surface area contributed by atoms with Gasteiger partial charge in [-0.15, -0.1) is 0 Å². The Hall–Kier alpha value is -1.97. The number of benzene rings is 2. The SMILES string of the molecule is O=C1CCN(Cc2ccccc2)C(COCc2ccccc2)C1. The Morgan fingerprint density at radius 2 is 1.61 bits per heavy atom. The van der Waals surface area contributed by atoms with Crippen molar-refractivity contribution in [2.24, 2.45) is 0 Å². The second-order valence-electron chi connectivity index (χ2n) is 6.10. The van der Waals surface area contributed by atoms with Gasteiger partial charge in [0.2, 0.25) is 0 Å². The van der Waals surface area contributed by atoms with E-state index in [1.54, 1.807) is 0 Å². The highest BCUT2D eigenvalue weighted by atomic mass is 16.5. The van der Waals surface area contributed by atoms with Crippen molar-refractivity contribution < 1.29 is 9.53 Å². The zero-order chi connectivity index (χ0) is 15.9. The average Bonchev–Trinajstić information content (AvgIpc) is 2.59. The highest BCUT2D eigenvalue weighted by Gasteiger charge is 2.27. The predicted octanol–water partition coefficient (Wildman–Crippen LogP) is 3.44. The molecule has 1 fully saturated rings. The van der Waals surface area contributed by atoms with Crippen LogP contribution in [0.1, 0.15) is 24.0 Å². The van der Waals surface area contributed by atoms with Gasteiger partial charge in [0, 0.05) is 32.0 Å². The Morgan fingerprint density at radius 1 is 0.957 bits per heavy atom. The maximum absolute atomic E-state index is 11.8. The van der Waals surface area contributed by atoms with Crippen LogP contribution in [0.5, 0.6) is 0 Å². The van der Waals surface area contributed by atoms with Gasteiger partial charge in [-0.25, -0.2) is 0 Å². The minimum absolute atomic E-state index is 0.181. The quantitative estimate of drug-likeness (QED) is 0.818. The third-order valence-electron chi connectivity index (χ3n) is 4.31. The molecule has 3 nitrogen and oxygen atoms in total. The molecule has 0 N–H and O–H groups in total. The van der Waals surface area contributed by atoms with E-state index in [4.69, 9.17) is 4.74 Å². The van der Waals surface area contributed by atoms with Crippen molar-refractivity contribution in [2.45, 2.75) is 32.0 Å². The van der Waals surface area contributed by atoms with E-state index in [1.165, 1.54) is 11.1 Å². The molecule has 3 heteroatoms. The van der Waals surface area contributed by atoms with E-state index in [1.807, 2.05) is 24.3 Å². The van der Waals surface area contributed by atoms with Crippen molar-refractivity contribution in [3.63, 3.8) is 0 Å². The lowest BCUT2D eigenvalue weighted by Gasteiger charge is -2.34. The number of carbonyl (C=O) groups excluding carboxylic acids is 1. The molecule has 1 heterocycles. The Balaban J connectivity index is 1.56. The summed E-state index contributed by atoms with van der Waals surface area (Å²) in [7, 11) is 0. The fraction of sp³-hybridized carbons (Fsp3) is 0.350. The van der Waals surface area contributed by atoms with Gasteiger partial charge in [-0.3, -0.25) is 9.69 Å². The second-order valence-corrected chi connectivity index (χ2v) is 6.10. The Bertz CT molecular complexity index is 612. The Morgan fingerprint density at radius 3 is 2.30 bits per heavy atom. The highest BCUT2D eigenvalue weighted by molar-refractivity contribution is 5.80. The molecule has 2 aromatic rings. The Kier molecular flexibility index (Phi) is 5.56. The van der Waals surface area contributed by atoms with Gasteiger partial charge in [-0.1, -0.05) is 60.7 Å². The molecule has 1 aliphatic heterocycles. The highest BCUT2D eigenvalue weighted by Crippen LogP contribution is 2.18. The van der Waals surface area contributed by atoms with E-state index in [9.17, 15) is 4.79 Å². The first-order valence-corrected chi connectivity index (χ1v) is 8.22. The summed E-state index contributed by atoms with van der Waals surface area (Å²) in [5.74, 6) is 0.350. The number of ether oxygens (including phenoxy) is 1. The molecule has 0 aromatic heterocycles. The smallest absolute Gasteiger partial charge is 0.135 e. The minimum atomic E-state index is 0.181. The number of piperidine rings is 1. The van der Waals surface area contributed by atoms with Crippen molar-refractivity contribution in [2.75, 3.05) is 13.2 Å². The van der Waals surface area contributed by atoms with E-state index < -0.39 is 0 Å². The van der Waals surface area contributed by atoms with Crippen molar-refractivity contribution in [3.8, 4) is 0 Å². The van der Waals surface area contributed by atoms with Gasteiger partial charge in [0.1, 0.15) is 5.78 Å². The van der Waals surface area contributed by atoms with E-state index in [-0.39, 0.29) is 6.04 Å². The maximum atomic E-state index is 11.8. The minimum Gasteiger partial charge on any atom is -0.375 e. The molecule has 120 valence electrons. The number of hydrogen-bond acceptors (Lipinski definition) is 3. The molecule has 0 bridgehead atoms. The van der Waals surface area contributed by atoms with Crippen LogP contribution in [0.4, 0.5) is 0 Å². The number of Topliss-reactive ketones (excluding diaryl/α,β-unsaturated/α-hetero) is 1. The zero-order valence-corrected chi connectivity index (χ0v) is 13.4. The first-order valence-electron chi connectivity index (χ1n) is 8.22. The molecular formula is C20H23NO2. The van der Waals surface area contributed by atoms with Gasteiger partial charge >= 0.3 is 0 Å². The first-order chi connectivity index (χ1) is 11.3. The molecule has 1 saturated heterocycles. The van der Waals surface area contributed by atoms with Crippen LogP contribution in [0.15, 0.2) is 60.7 Å². The van der Waals surface area contributed by atoms with Gasteiger partial charge < -0.3 is 4.74 Å². The summed E-state index contributed by atoms with van der Waals surface area (Å²) in [6.07, 6.45) is 1.25. The third-order valence-corrected chi connectivity index (χ3v) is 4.31. The predicted molar refractivity (Wildman–Crippen MR) is 91.0 cm³/mol. The van der Waals surface area contributed by atoms with E-state index in [0.29, 0.717) is 31.8 Å². The van der Waals surface area contributed by atoms with Crippen molar-refractivity contribution in [1.82, 2.24) is 4.90 Å². The lowest BCUT2D eigenvalue weighted by atomic mass is 10.0. The standard InChI is InChI=1S/C20H23NO2/c22-20-11-12-21(14-17-7-3-1-4-8-17)19(13-20)16-23-15-18-9-5-2-6-10-18/h1-10,19H,11-16H2. The normalized spacial score (nSPS) is 19.0. The van der Waals surface area contributed by atoms with Crippen LogP contribution in [-0.2, 0) is 22.7 Å². The van der Waals surface area contributed by atoms with E-state index in [0.717, 1.165) is 13.1 Å². The lowest BCUT2D eigenvalue weighted by molar-refractivity contribution is -0.124. The van der Waals surface area contributed by atoms with Crippen molar-refractivity contribution in [1.29, 1.82) is 0 Å². The number of likely N-dealkylation sites (tertiary alicyclic amines) is 1. The van der Waals surface area contributed by atoms with Crippen LogP contribution >= 0.6 is 0 Å². The number of ketones is 1. The summed E-state index contributed by atoms with van der Waals surface area (Å²) in [6, 6.07) is 20.8. The van der Waals surface area contributed by atoms with E-state index >= 15 is 0 Å². The molecule has 3 rings (SSSR count). The summed E-state index contributed by atoms with van der Waals surface area (Å²) in [5.41, 5.74) is 2.46. The molecule has 0 saturated carbocycles. The lowest BCUT2D eigenvalue weighted by Crippen LogP contribution is -2.44. The molecule has 2 aromatic carbocycles. The van der Waals surface area contributed by atoms with Crippen LogP contribution in [-0.4, -0.2) is 29.9 Å². The van der Waals surface area contributed by atoms with Gasteiger partial charge in [0.05, 0.1) is 13.2 Å². The number of carbonyl (C=O) groups is 1. The van der Waals surface area contributed by atoms with Crippen molar-refractivity contribution >= 4 is 5.78 Å². The van der Waals surface area contributed by atoms with Crippen LogP contribution in [0.3, 0.4) is 0 Å².